The maximum Gasteiger partial charge on any atom is 0.254 e. The molecule has 1 amide bonds. The van der Waals surface area contributed by atoms with E-state index in [4.69, 9.17) is 9.47 Å². The van der Waals surface area contributed by atoms with Gasteiger partial charge >= 0.3 is 0 Å². The minimum Gasteiger partial charge on any atom is -0.489 e. The molecule has 0 radical (unpaired) electrons. The number of anilines is 1. The molecule has 5 nitrogen and oxygen atoms in total. The molecule has 0 saturated carbocycles. The van der Waals surface area contributed by atoms with Crippen LogP contribution in [0.1, 0.15) is 13.8 Å². The second kappa shape index (κ2) is 8.09. The molecule has 20 heavy (non-hydrogen) atoms. The summed E-state index contributed by atoms with van der Waals surface area (Å²) < 4.78 is 11.1. The Kier molecular flexibility index (Phi) is 6.78. The largest absolute Gasteiger partial charge is 0.489 e. The van der Waals surface area contributed by atoms with Crippen LogP contribution in [-0.4, -0.2) is 37.8 Å². The van der Waals surface area contributed by atoms with Crippen molar-refractivity contribution in [2.24, 2.45) is 0 Å². The third-order valence-corrected chi connectivity index (χ3v) is 2.73. The van der Waals surface area contributed by atoms with Gasteiger partial charge in [-0.2, -0.15) is 0 Å². The number of para-hydroxylation sites is 2. The number of nitrogens with one attached hydrogen (secondary N) is 2. The van der Waals surface area contributed by atoms with E-state index in [9.17, 15) is 4.79 Å². The molecule has 2 N–H and O–H groups in total. The molecule has 1 fully saturated rings. The topological polar surface area (TPSA) is 59.6 Å². The number of hydrogen-bond donors (Lipinski definition) is 2. The molecule has 6 heteroatoms. The highest BCUT2D eigenvalue weighted by Crippen LogP contribution is 2.25. The van der Waals surface area contributed by atoms with Crippen molar-refractivity contribution < 1.29 is 14.3 Å². The first-order valence-corrected chi connectivity index (χ1v) is 6.55. The lowest BCUT2D eigenvalue weighted by molar-refractivity contribution is -0.128. The minimum atomic E-state index is -0.444. The van der Waals surface area contributed by atoms with Crippen molar-refractivity contribution >= 4 is 24.0 Å². The smallest absolute Gasteiger partial charge is 0.254 e. The van der Waals surface area contributed by atoms with E-state index in [1.54, 1.807) is 0 Å². The number of rotatable bonds is 4. The van der Waals surface area contributed by atoms with Crippen LogP contribution in [0.4, 0.5) is 5.69 Å². The van der Waals surface area contributed by atoms with Crippen molar-refractivity contribution in [3.63, 3.8) is 0 Å². The Balaban J connectivity index is 0.00000200. The van der Waals surface area contributed by atoms with E-state index in [1.807, 2.05) is 38.1 Å². The van der Waals surface area contributed by atoms with Gasteiger partial charge in [-0.3, -0.25) is 4.79 Å². The fourth-order valence-electron chi connectivity index (χ4n) is 1.87. The molecule has 0 aromatic heterocycles. The lowest BCUT2D eigenvalue weighted by Gasteiger charge is -2.23. The van der Waals surface area contributed by atoms with E-state index in [2.05, 4.69) is 10.6 Å². The molecule has 1 aliphatic rings. The van der Waals surface area contributed by atoms with Crippen molar-refractivity contribution in [2.75, 3.05) is 25.0 Å². The van der Waals surface area contributed by atoms with Gasteiger partial charge in [-0.25, -0.2) is 0 Å². The zero-order chi connectivity index (χ0) is 13.7. The predicted molar refractivity (Wildman–Crippen MR) is 80.7 cm³/mol. The monoisotopic (exact) mass is 300 g/mol. The number of halogens is 1. The van der Waals surface area contributed by atoms with Crippen LogP contribution in [0.25, 0.3) is 0 Å². The lowest BCUT2D eigenvalue weighted by atomic mass is 10.2. The molecule has 112 valence electrons. The lowest BCUT2D eigenvalue weighted by Crippen LogP contribution is -2.45. The van der Waals surface area contributed by atoms with Crippen molar-refractivity contribution in [1.82, 2.24) is 5.32 Å². The van der Waals surface area contributed by atoms with Gasteiger partial charge in [0.15, 0.2) is 0 Å². The Morgan fingerprint density at radius 2 is 2.20 bits per heavy atom. The molecule has 0 aliphatic carbocycles. The number of benzene rings is 1. The Morgan fingerprint density at radius 3 is 2.85 bits per heavy atom. The van der Waals surface area contributed by atoms with E-state index in [0.717, 1.165) is 6.54 Å². The van der Waals surface area contributed by atoms with Crippen molar-refractivity contribution in [2.45, 2.75) is 26.1 Å². The summed E-state index contributed by atoms with van der Waals surface area (Å²) in [6.45, 7) is 5.79. The summed E-state index contributed by atoms with van der Waals surface area (Å²) in [7, 11) is 0. The number of morpholine rings is 1. The van der Waals surface area contributed by atoms with Crippen LogP contribution >= 0.6 is 12.4 Å². The summed E-state index contributed by atoms with van der Waals surface area (Å²) in [6, 6.07) is 7.41. The molecular formula is C14H21ClN2O3. The maximum atomic E-state index is 12.1. The Bertz CT molecular complexity index is 434. The standard InChI is InChI=1S/C14H20N2O3.ClH/c1-10(2)19-12-6-4-3-5-11(12)16-14(17)13-9-15-7-8-18-13;/h3-6,10,13,15H,7-9H2,1-2H3,(H,16,17);1H. The van der Waals surface area contributed by atoms with Gasteiger partial charge in [0.2, 0.25) is 0 Å². The van der Waals surface area contributed by atoms with Crippen LogP contribution in [0, 0.1) is 0 Å². The van der Waals surface area contributed by atoms with Gasteiger partial charge in [0, 0.05) is 13.1 Å². The van der Waals surface area contributed by atoms with Gasteiger partial charge in [0.1, 0.15) is 11.9 Å². The van der Waals surface area contributed by atoms with Gasteiger partial charge in [0.25, 0.3) is 5.91 Å². The number of hydrogen-bond acceptors (Lipinski definition) is 4. The van der Waals surface area contributed by atoms with Gasteiger partial charge in [0.05, 0.1) is 18.4 Å². The first-order chi connectivity index (χ1) is 9.16. The Hall–Kier alpha value is -1.30. The average Bonchev–Trinajstić information content (AvgIpc) is 2.41. The number of ether oxygens (including phenoxy) is 2. The molecule has 0 bridgehead atoms. The van der Waals surface area contributed by atoms with Crippen LogP contribution < -0.4 is 15.4 Å². The van der Waals surface area contributed by atoms with Crippen LogP contribution in [0.2, 0.25) is 0 Å². The quantitative estimate of drug-likeness (QED) is 0.890. The highest BCUT2D eigenvalue weighted by molar-refractivity contribution is 5.95. The molecule has 2 rings (SSSR count). The highest BCUT2D eigenvalue weighted by atomic mass is 35.5. The third kappa shape index (κ3) is 4.67. The molecule has 1 heterocycles. The summed E-state index contributed by atoms with van der Waals surface area (Å²) in [5, 5.41) is 5.99. The van der Waals surface area contributed by atoms with E-state index in [-0.39, 0.29) is 24.4 Å². The average molecular weight is 301 g/mol. The molecule has 1 saturated heterocycles. The predicted octanol–water partition coefficient (Wildman–Crippen LogP) is 1.82. The fourth-order valence-corrected chi connectivity index (χ4v) is 1.87. The molecule has 0 spiro atoms. The van der Waals surface area contributed by atoms with Crippen LogP contribution in [-0.2, 0) is 9.53 Å². The summed E-state index contributed by atoms with van der Waals surface area (Å²) in [4.78, 5) is 12.1. The number of carbonyl (C=O) groups is 1. The molecule has 1 aliphatic heterocycles. The van der Waals surface area contributed by atoms with Gasteiger partial charge in [-0.05, 0) is 26.0 Å². The maximum absolute atomic E-state index is 12.1. The van der Waals surface area contributed by atoms with Gasteiger partial charge in [-0.15, -0.1) is 12.4 Å². The van der Waals surface area contributed by atoms with E-state index in [0.29, 0.717) is 24.6 Å². The van der Waals surface area contributed by atoms with E-state index in [1.165, 1.54) is 0 Å². The third-order valence-electron chi connectivity index (χ3n) is 2.73. The Labute approximate surface area is 125 Å². The highest BCUT2D eigenvalue weighted by Gasteiger charge is 2.22. The van der Waals surface area contributed by atoms with Crippen LogP contribution in [0.5, 0.6) is 5.75 Å². The van der Waals surface area contributed by atoms with Crippen LogP contribution in [0.15, 0.2) is 24.3 Å². The number of amides is 1. The fraction of sp³-hybridized carbons (Fsp3) is 0.500. The van der Waals surface area contributed by atoms with Crippen molar-refractivity contribution in [3.05, 3.63) is 24.3 Å². The number of carbonyl (C=O) groups excluding carboxylic acids is 1. The summed E-state index contributed by atoms with van der Waals surface area (Å²) in [5.74, 6) is 0.529. The van der Waals surface area contributed by atoms with E-state index >= 15 is 0 Å². The first-order valence-electron chi connectivity index (χ1n) is 6.55. The minimum absolute atomic E-state index is 0. The zero-order valence-electron chi connectivity index (χ0n) is 11.7. The first kappa shape index (κ1) is 16.8. The molecule has 1 unspecified atom stereocenters. The second-order valence-corrected chi connectivity index (χ2v) is 4.72. The summed E-state index contributed by atoms with van der Waals surface area (Å²) in [6.07, 6.45) is -0.383. The molecule has 1 atom stereocenters. The second-order valence-electron chi connectivity index (χ2n) is 4.72. The van der Waals surface area contributed by atoms with Crippen LogP contribution in [0.3, 0.4) is 0 Å². The Morgan fingerprint density at radius 1 is 1.45 bits per heavy atom. The molecule has 1 aromatic rings. The molecular weight excluding hydrogens is 280 g/mol. The summed E-state index contributed by atoms with van der Waals surface area (Å²) in [5.41, 5.74) is 0.676. The van der Waals surface area contributed by atoms with Gasteiger partial charge in [-0.1, -0.05) is 12.1 Å². The normalized spacial score (nSPS) is 18.2. The van der Waals surface area contributed by atoms with Crippen molar-refractivity contribution in [1.29, 1.82) is 0 Å². The molecule has 1 aromatic carbocycles. The zero-order valence-corrected chi connectivity index (χ0v) is 12.5. The van der Waals surface area contributed by atoms with Crippen molar-refractivity contribution in [3.8, 4) is 5.75 Å². The SMILES string of the molecule is CC(C)Oc1ccccc1NC(=O)C1CNCCO1.Cl. The summed E-state index contributed by atoms with van der Waals surface area (Å²) >= 11 is 0. The van der Waals surface area contributed by atoms with E-state index < -0.39 is 6.10 Å². The van der Waals surface area contributed by atoms with Gasteiger partial charge < -0.3 is 20.1 Å².